The third-order valence-corrected chi connectivity index (χ3v) is 7.51. The van der Waals surface area contributed by atoms with Crippen LogP contribution in [0, 0.1) is 0 Å². The number of pyridine rings is 1. The minimum Gasteiger partial charge on any atom is -0.368 e. The van der Waals surface area contributed by atoms with Gasteiger partial charge in [0.1, 0.15) is 16.6 Å². The first kappa shape index (κ1) is 22.0. The molecule has 2 amide bonds. The molecule has 0 aliphatic carbocycles. The number of rotatable bonds is 5. The Morgan fingerprint density at radius 3 is 2.59 bits per heavy atom. The van der Waals surface area contributed by atoms with Crippen LogP contribution in [0.1, 0.15) is 23.8 Å². The number of sulfonamides is 1. The molecule has 11 heteroatoms. The van der Waals surface area contributed by atoms with Crippen molar-refractivity contribution < 1.29 is 18.0 Å². The number of dihydropyridines is 2. The molecule has 1 N–H and O–H groups in total. The summed E-state index contributed by atoms with van der Waals surface area (Å²) in [5.74, 6) is -0.601. The first-order valence-electron chi connectivity index (χ1n) is 10.3. The summed E-state index contributed by atoms with van der Waals surface area (Å²) < 4.78 is 27.7. The Kier molecular flexibility index (Phi) is 6.02. The van der Waals surface area contributed by atoms with Crippen molar-refractivity contribution in [2.45, 2.75) is 19.4 Å². The first-order chi connectivity index (χ1) is 15.3. The average molecular weight is 457 g/mol. The summed E-state index contributed by atoms with van der Waals surface area (Å²) >= 11 is 0. The molecule has 1 saturated heterocycles. The van der Waals surface area contributed by atoms with Crippen LogP contribution < -0.4 is 10.2 Å². The highest BCUT2D eigenvalue weighted by molar-refractivity contribution is 7.94. The molecular formula is C21H24N6O4S. The molecule has 4 rings (SSSR count). The smallest absolute Gasteiger partial charge is 0.272 e. The summed E-state index contributed by atoms with van der Waals surface area (Å²) in [5.41, 5.74) is 2.09. The predicted octanol–water partition coefficient (Wildman–Crippen LogP) is 0.548. The van der Waals surface area contributed by atoms with E-state index in [4.69, 9.17) is 0 Å². The molecule has 1 atom stereocenters. The summed E-state index contributed by atoms with van der Waals surface area (Å²) in [5, 5.41) is 2.52. The molecule has 0 bridgehead atoms. The van der Waals surface area contributed by atoms with Gasteiger partial charge in [-0.1, -0.05) is 6.92 Å². The van der Waals surface area contributed by atoms with E-state index in [0.29, 0.717) is 49.6 Å². The van der Waals surface area contributed by atoms with E-state index in [-0.39, 0.29) is 16.7 Å². The second-order valence-electron chi connectivity index (χ2n) is 7.53. The van der Waals surface area contributed by atoms with E-state index in [9.17, 15) is 18.0 Å². The second kappa shape index (κ2) is 8.75. The van der Waals surface area contributed by atoms with Gasteiger partial charge in [0.15, 0.2) is 0 Å². The average Bonchev–Trinajstić information content (AvgIpc) is 2.82. The Balaban J connectivity index is 1.44. The summed E-state index contributed by atoms with van der Waals surface area (Å²) in [6.45, 7) is 3.41. The Bertz CT molecular complexity index is 1160. The summed E-state index contributed by atoms with van der Waals surface area (Å²) in [6, 6.07) is 3.03. The number of carbonyl (C=O) groups excluding carboxylic acids is 2. The highest BCUT2D eigenvalue weighted by Crippen LogP contribution is 2.24. The van der Waals surface area contributed by atoms with E-state index in [0.717, 1.165) is 5.69 Å². The zero-order chi connectivity index (χ0) is 22.9. The fourth-order valence-corrected chi connectivity index (χ4v) is 5.16. The third-order valence-electron chi connectivity index (χ3n) is 5.65. The van der Waals surface area contributed by atoms with E-state index < -0.39 is 16.1 Å². The molecule has 1 fully saturated rings. The van der Waals surface area contributed by atoms with Crippen molar-refractivity contribution in [2.24, 2.45) is 9.98 Å². The highest BCUT2D eigenvalue weighted by atomic mass is 32.2. The van der Waals surface area contributed by atoms with Crippen molar-refractivity contribution >= 4 is 39.5 Å². The largest absolute Gasteiger partial charge is 0.368 e. The molecule has 10 nitrogen and oxygen atoms in total. The van der Waals surface area contributed by atoms with Gasteiger partial charge in [-0.25, -0.2) is 18.4 Å². The number of aromatic nitrogens is 1. The van der Waals surface area contributed by atoms with E-state index in [1.54, 1.807) is 31.5 Å². The van der Waals surface area contributed by atoms with Crippen LogP contribution in [0.4, 0.5) is 5.69 Å². The van der Waals surface area contributed by atoms with Crippen LogP contribution in [0.3, 0.4) is 0 Å². The first-order valence-corrected chi connectivity index (χ1v) is 11.8. The van der Waals surface area contributed by atoms with Gasteiger partial charge in [0.05, 0.1) is 17.6 Å². The molecule has 168 valence electrons. The number of nitrogens with one attached hydrogen (secondary N) is 1. The van der Waals surface area contributed by atoms with Crippen molar-refractivity contribution in [3.8, 4) is 0 Å². The lowest BCUT2D eigenvalue weighted by Gasteiger charge is -2.35. The molecule has 3 aliphatic rings. The van der Waals surface area contributed by atoms with E-state index in [1.807, 2.05) is 11.8 Å². The Labute approximate surface area is 186 Å². The van der Waals surface area contributed by atoms with E-state index >= 15 is 0 Å². The van der Waals surface area contributed by atoms with E-state index in [1.165, 1.54) is 16.6 Å². The van der Waals surface area contributed by atoms with Crippen LogP contribution >= 0.6 is 0 Å². The number of anilines is 1. The van der Waals surface area contributed by atoms with Gasteiger partial charge in [-0.15, -0.1) is 0 Å². The lowest BCUT2D eigenvalue weighted by Crippen LogP contribution is -2.49. The number of aliphatic imine (C=N–C) groups is 2. The number of nitrogens with zero attached hydrogens (tertiary/aromatic N) is 5. The van der Waals surface area contributed by atoms with Gasteiger partial charge in [0.2, 0.25) is 10.0 Å². The number of hydrogen-bond acceptors (Lipinski definition) is 7. The predicted molar refractivity (Wildman–Crippen MR) is 122 cm³/mol. The molecule has 0 aromatic carbocycles. The maximum absolute atomic E-state index is 13.1. The van der Waals surface area contributed by atoms with Crippen molar-refractivity contribution in [1.82, 2.24) is 14.6 Å². The second-order valence-corrected chi connectivity index (χ2v) is 9.47. The monoisotopic (exact) mass is 456 g/mol. The van der Waals surface area contributed by atoms with Gasteiger partial charge in [0, 0.05) is 45.0 Å². The zero-order valence-electron chi connectivity index (χ0n) is 17.9. The molecule has 1 aromatic heterocycles. The quantitative estimate of drug-likeness (QED) is 0.690. The lowest BCUT2D eigenvalue weighted by molar-refractivity contribution is -0.114. The van der Waals surface area contributed by atoms with Crippen LogP contribution in [0.15, 0.2) is 50.9 Å². The fourth-order valence-electron chi connectivity index (χ4n) is 3.76. The molecule has 0 radical (unpaired) electrons. The molecule has 3 aliphatic heterocycles. The van der Waals surface area contributed by atoms with Crippen molar-refractivity contribution in [3.05, 3.63) is 46.7 Å². The molecule has 32 heavy (non-hydrogen) atoms. The summed E-state index contributed by atoms with van der Waals surface area (Å²) in [4.78, 5) is 38.3. The van der Waals surface area contributed by atoms with Gasteiger partial charge in [-0.3, -0.25) is 14.6 Å². The van der Waals surface area contributed by atoms with Gasteiger partial charge >= 0.3 is 0 Å². The van der Waals surface area contributed by atoms with Crippen LogP contribution in [-0.4, -0.2) is 80.7 Å². The van der Waals surface area contributed by atoms with Crippen molar-refractivity contribution in [3.63, 3.8) is 0 Å². The van der Waals surface area contributed by atoms with Crippen LogP contribution in [0.25, 0.3) is 0 Å². The van der Waals surface area contributed by atoms with E-state index in [2.05, 4.69) is 20.3 Å². The lowest BCUT2D eigenvalue weighted by atomic mass is 10.0. The topological polar surface area (TPSA) is 124 Å². The molecule has 1 aromatic rings. The van der Waals surface area contributed by atoms with Crippen molar-refractivity contribution in [1.29, 1.82) is 0 Å². The van der Waals surface area contributed by atoms with Crippen molar-refractivity contribution in [2.75, 3.05) is 38.1 Å². The van der Waals surface area contributed by atoms with Gasteiger partial charge in [-0.05, 0) is 30.7 Å². The fraction of sp³-hybridized carbons (Fsp3) is 0.381. The standard InChI is InChI=1S/C21H24N6O4S/c1-3-14-10-18-19(25-20(14)28)11-16(13-24-18)32(30,31)27-8-6-26(7-9-27)15-4-5-17(23-12-15)21(29)22-2/h4-5,10-13,18H,3,6-9H2,1-2H3,(H,22,29). The summed E-state index contributed by atoms with van der Waals surface area (Å²) in [7, 11) is -2.22. The molecule has 0 spiro atoms. The Morgan fingerprint density at radius 2 is 1.97 bits per heavy atom. The number of fused-ring (bicyclic) bond motifs is 1. The molecule has 0 saturated carbocycles. The normalized spacial score (nSPS) is 21.4. The minimum atomic E-state index is -3.76. The minimum absolute atomic E-state index is 0.0405. The Hall–Kier alpha value is -3.18. The summed E-state index contributed by atoms with van der Waals surface area (Å²) in [6.07, 6.45) is 6.71. The number of amides is 2. The van der Waals surface area contributed by atoms with Gasteiger partial charge < -0.3 is 10.2 Å². The molecule has 4 heterocycles. The molecule has 1 unspecified atom stereocenters. The van der Waals surface area contributed by atoms with Gasteiger partial charge in [-0.2, -0.15) is 4.31 Å². The number of carbonyl (C=O) groups is 2. The number of hydrogen-bond donors (Lipinski definition) is 1. The van der Waals surface area contributed by atoms with Gasteiger partial charge in [0.25, 0.3) is 11.8 Å². The molecular weight excluding hydrogens is 432 g/mol. The Morgan fingerprint density at radius 1 is 1.22 bits per heavy atom. The van der Waals surface area contributed by atoms with Crippen LogP contribution in [0.2, 0.25) is 0 Å². The third kappa shape index (κ3) is 4.13. The number of piperazine rings is 1. The SMILES string of the molecule is CCC1=CC2N=CC(S(=O)(=O)N3CCN(c4ccc(C(=O)NC)nc4)CC3)=CC2=NC1=O. The van der Waals surface area contributed by atoms with Crippen LogP contribution in [0.5, 0.6) is 0 Å². The zero-order valence-corrected chi connectivity index (χ0v) is 18.7. The van der Waals surface area contributed by atoms with Crippen LogP contribution in [-0.2, 0) is 14.8 Å². The maximum Gasteiger partial charge on any atom is 0.272 e. The highest BCUT2D eigenvalue weighted by Gasteiger charge is 2.33. The maximum atomic E-state index is 13.1. The number of allylic oxidation sites excluding steroid dienone is 1.